The Labute approximate surface area is 177 Å². The summed E-state index contributed by atoms with van der Waals surface area (Å²) in [5.41, 5.74) is 5.50. The lowest BCUT2D eigenvalue weighted by molar-refractivity contribution is -0.0514. The van der Waals surface area contributed by atoms with Gasteiger partial charge in [-0.1, -0.05) is 17.7 Å². The number of anilines is 1. The van der Waals surface area contributed by atoms with E-state index in [9.17, 15) is 13.6 Å². The Morgan fingerprint density at radius 3 is 2.47 bits per heavy atom. The van der Waals surface area contributed by atoms with Gasteiger partial charge in [-0.05, 0) is 57.0 Å². The van der Waals surface area contributed by atoms with Gasteiger partial charge < -0.3 is 9.47 Å². The van der Waals surface area contributed by atoms with E-state index in [1.807, 2.05) is 26.2 Å². The van der Waals surface area contributed by atoms with Crippen LogP contribution in [0.25, 0.3) is 11.3 Å². The lowest BCUT2D eigenvalue weighted by Crippen LogP contribution is -2.12. The molecule has 0 unspecified atom stereocenters. The van der Waals surface area contributed by atoms with Crippen molar-refractivity contribution >= 4 is 22.4 Å². The fourth-order valence-electron chi connectivity index (χ4n) is 3.31. The third-order valence-corrected chi connectivity index (χ3v) is 5.14. The number of alkyl halides is 2. The number of aryl methyl sites for hydroxylation is 3. The standard InChI is InChI=1S/C22H22F2N2O3S/c1-5-28-18-10-15(6-7-17(18)29-21(23)24)20(27)26-22-25-16(11-30-22)19-13(3)8-12(2)9-14(19)4/h6-11,21H,5H2,1-4H3,(H,25,26,27). The van der Waals surface area contributed by atoms with Crippen LogP contribution in [-0.2, 0) is 0 Å². The molecule has 1 amide bonds. The Morgan fingerprint density at radius 2 is 1.83 bits per heavy atom. The molecular formula is C22H22F2N2O3S. The summed E-state index contributed by atoms with van der Waals surface area (Å²) in [5.74, 6) is -0.459. The fourth-order valence-corrected chi connectivity index (χ4v) is 4.01. The largest absolute Gasteiger partial charge is 0.490 e. The van der Waals surface area contributed by atoms with E-state index < -0.39 is 12.5 Å². The number of rotatable bonds is 7. The van der Waals surface area contributed by atoms with Crippen LogP contribution < -0.4 is 14.8 Å². The molecule has 0 fully saturated rings. The average Bonchev–Trinajstić information content (AvgIpc) is 3.10. The van der Waals surface area contributed by atoms with E-state index in [2.05, 4.69) is 27.2 Å². The van der Waals surface area contributed by atoms with E-state index in [1.54, 1.807) is 6.92 Å². The smallest absolute Gasteiger partial charge is 0.387 e. The molecule has 5 nitrogen and oxygen atoms in total. The van der Waals surface area contributed by atoms with Crippen LogP contribution in [0, 0.1) is 20.8 Å². The third kappa shape index (κ3) is 4.94. The Kier molecular flexibility index (Phi) is 6.66. The number of carbonyl (C=O) groups is 1. The van der Waals surface area contributed by atoms with Gasteiger partial charge in [-0.25, -0.2) is 4.98 Å². The predicted octanol–water partition coefficient (Wildman–Crippen LogP) is 5.99. The molecule has 3 rings (SSSR count). The lowest BCUT2D eigenvalue weighted by atomic mass is 9.98. The molecule has 30 heavy (non-hydrogen) atoms. The van der Waals surface area contributed by atoms with Gasteiger partial charge in [0.15, 0.2) is 16.6 Å². The Morgan fingerprint density at radius 1 is 1.13 bits per heavy atom. The van der Waals surface area contributed by atoms with Crippen LogP contribution >= 0.6 is 11.3 Å². The first-order valence-electron chi connectivity index (χ1n) is 9.35. The fraction of sp³-hybridized carbons (Fsp3) is 0.273. The maximum atomic E-state index is 12.6. The molecule has 158 valence electrons. The Balaban J connectivity index is 1.81. The topological polar surface area (TPSA) is 60.5 Å². The number of nitrogens with one attached hydrogen (secondary N) is 1. The molecular weight excluding hydrogens is 410 g/mol. The van der Waals surface area contributed by atoms with Crippen molar-refractivity contribution in [2.45, 2.75) is 34.3 Å². The minimum Gasteiger partial charge on any atom is -0.490 e. The monoisotopic (exact) mass is 432 g/mol. The Hall–Kier alpha value is -3.00. The first kappa shape index (κ1) is 21.7. The molecule has 0 aliphatic carbocycles. The van der Waals surface area contributed by atoms with E-state index in [0.717, 1.165) is 22.4 Å². The molecule has 1 aromatic heterocycles. The molecule has 0 aliphatic heterocycles. The van der Waals surface area contributed by atoms with Crippen molar-refractivity contribution in [3.63, 3.8) is 0 Å². The van der Waals surface area contributed by atoms with Crippen LogP contribution in [0.5, 0.6) is 11.5 Å². The molecule has 0 spiro atoms. The van der Waals surface area contributed by atoms with Crippen LogP contribution in [0.1, 0.15) is 34.0 Å². The minimum absolute atomic E-state index is 0.0798. The van der Waals surface area contributed by atoms with Crippen molar-refractivity contribution in [3.05, 3.63) is 58.0 Å². The van der Waals surface area contributed by atoms with Gasteiger partial charge >= 0.3 is 6.61 Å². The van der Waals surface area contributed by atoms with Crippen LogP contribution in [0.3, 0.4) is 0 Å². The van der Waals surface area contributed by atoms with Crippen molar-refractivity contribution in [2.75, 3.05) is 11.9 Å². The number of nitrogens with zero attached hydrogens (tertiary/aromatic N) is 1. The molecule has 0 atom stereocenters. The summed E-state index contributed by atoms with van der Waals surface area (Å²) in [7, 11) is 0. The average molecular weight is 432 g/mol. The summed E-state index contributed by atoms with van der Waals surface area (Å²) in [6.45, 7) is 5.09. The first-order chi connectivity index (χ1) is 14.3. The van der Waals surface area contributed by atoms with Gasteiger partial charge in [-0.3, -0.25) is 10.1 Å². The quantitative estimate of drug-likeness (QED) is 0.498. The zero-order valence-electron chi connectivity index (χ0n) is 17.1. The Bertz CT molecular complexity index is 1040. The number of thiazole rings is 1. The maximum Gasteiger partial charge on any atom is 0.387 e. The van der Waals surface area contributed by atoms with Crippen LogP contribution in [0.4, 0.5) is 13.9 Å². The van der Waals surface area contributed by atoms with Gasteiger partial charge in [0.1, 0.15) is 0 Å². The zero-order valence-corrected chi connectivity index (χ0v) is 17.9. The van der Waals surface area contributed by atoms with Gasteiger partial charge in [0, 0.05) is 16.5 Å². The van der Waals surface area contributed by atoms with E-state index in [4.69, 9.17) is 4.74 Å². The van der Waals surface area contributed by atoms with Crippen molar-refractivity contribution in [3.8, 4) is 22.8 Å². The summed E-state index contributed by atoms with van der Waals surface area (Å²) < 4.78 is 34.8. The summed E-state index contributed by atoms with van der Waals surface area (Å²) in [4.78, 5) is 17.2. The normalized spacial score (nSPS) is 10.9. The van der Waals surface area contributed by atoms with Gasteiger partial charge in [0.25, 0.3) is 5.91 Å². The molecule has 0 bridgehead atoms. The van der Waals surface area contributed by atoms with E-state index in [-0.39, 0.29) is 23.7 Å². The summed E-state index contributed by atoms with van der Waals surface area (Å²) >= 11 is 1.32. The number of carbonyl (C=O) groups excluding carboxylic acids is 1. The van der Waals surface area contributed by atoms with Gasteiger partial charge in [0.2, 0.25) is 0 Å². The van der Waals surface area contributed by atoms with Crippen LogP contribution in [0.15, 0.2) is 35.7 Å². The molecule has 8 heteroatoms. The number of amides is 1. The van der Waals surface area contributed by atoms with Crippen LogP contribution in [-0.4, -0.2) is 24.1 Å². The highest BCUT2D eigenvalue weighted by Crippen LogP contribution is 2.32. The SMILES string of the molecule is CCOc1cc(C(=O)Nc2nc(-c3c(C)cc(C)cc3C)cs2)ccc1OC(F)F. The maximum absolute atomic E-state index is 12.6. The summed E-state index contributed by atoms with van der Waals surface area (Å²) in [6.07, 6.45) is 0. The van der Waals surface area contributed by atoms with Gasteiger partial charge in [-0.2, -0.15) is 8.78 Å². The molecule has 0 aliphatic rings. The molecule has 0 saturated heterocycles. The molecule has 2 aromatic carbocycles. The second-order valence-corrected chi connectivity index (χ2v) is 7.60. The van der Waals surface area contributed by atoms with E-state index in [0.29, 0.717) is 5.13 Å². The number of benzene rings is 2. The van der Waals surface area contributed by atoms with Crippen molar-refractivity contribution < 1.29 is 23.0 Å². The molecule has 3 aromatic rings. The highest BCUT2D eigenvalue weighted by atomic mass is 32.1. The van der Waals surface area contributed by atoms with Gasteiger partial charge in [-0.15, -0.1) is 11.3 Å². The van der Waals surface area contributed by atoms with E-state index in [1.165, 1.54) is 35.1 Å². The second kappa shape index (κ2) is 9.21. The third-order valence-electron chi connectivity index (χ3n) is 4.38. The number of hydrogen-bond acceptors (Lipinski definition) is 5. The number of aromatic nitrogens is 1. The predicted molar refractivity (Wildman–Crippen MR) is 114 cm³/mol. The van der Waals surface area contributed by atoms with Gasteiger partial charge in [0.05, 0.1) is 12.3 Å². The number of ether oxygens (including phenoxy) is 2. The molecule has 0 saturated carbocycles. The van der Waals surface area contributed by atoms with Crippen LogP contribution in [0.2, 0.25) is 0 Å². The summed E-state index contributed by atoms with van der Waals surface area (Å²) in [6, 6.07) is 8.26. The molecule has 1 heterocycles. The van der Waals surface area contributed by atoms with Crippen molar-refractivity contribution in [2.24, 2.45) is 0 Å². The van der Waals surface area contributed by atoms with E-state index >= 15 is 0 Å². The first-order valence-corrected chi connectivity index (χ1v) is 10.2. The summed E-state index contributed by atoms with van der Waals surface area (Å²) in [5, 5.41) is 5.09. The lowest BCUT2D eigenvalue weighted by Gasteiger charge is -2.12. The highest BCUT2D eigenvalue weighted by Gasteiger charge is 2.17. The van der Waals surface area contributed by atoms with Crippen molar-refractivity contribution in [1.29, 1.82) is 0 Å². The highest BCUT2D eigenvalue weighted by molar-refractivity contribution is 7.14. The number of hydrogen-bond donors (Lipinski definition) is 1. The zero-order chi connectivity index (χ0) is 21.8. The molecule has 0 radical (unpaired) electrons. The van der Waals surface area contributed by atoms with Crippen molar-refractivity contribution in [1.82, 2.24) is 4.98 Å². The molecule has 1 N–H and O–H groups in total. The minimum atomic E-state index is -2.98. The number of halogens is 2. The second-order valence-electron chi connectivity index (χ2n) is 6.74.